The molecule has 0 aliphatic heterocycles. The number of hydrogen-bond donors (Lipinski definition) is 1. The zero-order valence-corrected chi connectivity index (χ0v) is 18.0. The summed E-state index contributed by atoms with van der Waals surface area (Å²) < 4.78 is 11.4. The molecule has 7 heteroatoms. The second-order valence-electron chi connectivity index (χ2n) is 6.71. The van der Waals surface area contributed by atoms with Crippen LogP contribution in [0.15, 0.2) is 47.8 Å². The van der Waals surface area contributed by atoms with Crippen LogP contribution in [0, 0.1) is 18.3 Å². The summed E-state index contributed by atoms with van der Waals surface area (Å²) >= 11 is 1.50. The van der Waals surface area contributed by atoms with Crippen molar-refractivity contribution < 1.29 is 14.3 Å². The zero-order valence-electron chi connectivity index (χ0n) is 17.1. The molecule has 0 saturated heterocycles. The number of nitrogens with zero attached hydrogens (tertiary/aromatic N) is 2. The Kier molecular flexibility index (Phi) is 7.17. The predicted octanol–water partition coefficient (Wildman–Crippen LogP) is 5.39. The van der Waals surface area contributed by atoms with Gasteiger partial charge in [0, 0.05) is 17.7 Å². The number of anilines is 1. The number of amides is 1. The van der Waals surface area contributed by atoms with Gasteiger partial charge in [-0.2, -0.15) is 5.26 Å². The van der Waals surface area contributed by atoms with E-state index >= 15 is 0 Å². The number of nitriles is 1. The molecule has 30 heavy (non-hydrogen) atoms. The maximum atomic E-state index is 12.4. The number of carbonyl (C=O) groups excluding carboxylic acids is 1. The average molecular weight is 422 g/mol. The molecule has 1 atom stereocenters. The molecular weight excluding hydrogens is 398 g/mol. The molecule has 1 amide bonds. The van der Waals surface area contributed by atoms with Gasteiger partial charge < -0.3 is 14.8 Å². The number of rotatable bonds is 8. The first kappa shape index (κ1) is 21.5. The van der Waals surface area contributed by atoms with Gasteiger partial charge in [0.2, 0.25) is 5.91 Å². The lowest BCUT2D eigenvalue weighted by Crippen LogP contribution is -2.15. The minimum Gasteiger partial charge on any atom is -0.457 e. The van der Waals surface area contributed by atoms with Crippen LogP contribution < -0.4 is 10.1 Å². The fourth-order valence-electron chi connectivity index (χ4n) is 2.84. The van der Waals surface area contributed by atoms with Crippen molar-refractivity contribution in [3.63, 3.8) is 0 Å². The van der Waals surface area contributed by atoms with Gasteiger partial charge in [-0.1, -0.05) is 0 Å². The SMILES string of the molecule is CCO[C@@H](C)c1nc(CC(=O)Nc2ccc(Oc3ccc(C#N)cc3)cc2C)cs1. The Bertz CT molecular complexity index is 1050. The highest BCUT2D eigenvalue weighted by Gasteiger charge is 2.13. The van der Waals surface area contributed by atoms with Crippen molar-refractivity contribution in [1.29, 1.82) is 5.26 Å². The third-order valence-electron chi connectivity index (χ3n) is 4.37. The number of aromatic nitrogens is 1. The zero-order chi connectivity index (χ0) is 21.5. The Morgan fingerprint density at radius 3 is 2.63 bits per heavy atom. The number of aryl methyl sites for hydroxylation is 1. The van der Waals surface area contributed by atoms with E-state index in [4.69, 9.17) is 14.7 Å². The van der Waals surface area contributed by atoms with Gasteiger partial charge in [0.25, 0.3) is 0 Å². The number of hydrogen-bond acceptors (Lipinski definition) is 6. The molecular formula is C23H23N3O3S. The van der Waals surface area contributed by atoms with Crippen LogP contribution in [-0.2, 0) is 16.0 Å². The lowest BCUT2D eigenvalue weighted by Gasteiger charge is -2.11. The minimum atomic E-state index is -0.125. The number of carbonyl (C=O) groups is 1. The van der Waals surface area contributed by atoms with E-state index in [0.29, 0.717) is 23.7 Å². The summed E-state index contributed by atoms with van der Waals surface area (Å²) in [6, 6.07) is 14.5. The molecule has 0 radical (unpaired) electrons. The average Bonchev–Trinajstić information content (AvgIpc) is 3.19. The van der Waals surface area contributed by atoms with Crippen LogP contribution in [0.25, 0.3) is 0 Å². The summed E-state index contributed by atoms with van der Waals surface area (Å²) in [5.41, 5.74) is 2.93. The summed E-state index contributed by atoms with van der Waals surface area (Å²) in [6.45, 7) is 6.44. The molecule has 0 fully saturated rings. The van der Waals surface area contributed by atoms with Gasteiger partial charge in [0.05, 0.1) is 23.7 Å². The summed E-state index contributed by atoms with van der Waals surface area (Å²) in [4.78, 5) is 16.9. The van der Waals surface area contributed by atoms with Crippen molar-refractivity contribution in [1.82, 2.24) is 4.98 Å². The third kappa shape index (κ3) is 5.66. The largest absolute Gasteiger partial charge is 0.457 e. The molecule has 0 aliphatic carbocycles. The molecule has 1 heterocycles. The van der Waals surface area contributed by atoms with E-state index in [2.05, 4.69) is 16.4 Å². The molecule has 154 valence electrons. The first-order chi connectivity index (χ1) is 14.5. The second kappa shape index (κ2) is 10.0. The van der Waals surface area contributed by atoms with Crippen molar-refractivity contribution in [3.8, 4) is 17.6 Å². The highest BCUT2D eigenvalue weighted by Crippen LogP contribution is 2.27. The van der Waals surface area contributed by atoms with E-state index in [9.17, 15) is 4.79 Å². The molecule has 2 aromatic carbocycles. The van der Waals surface area contributed by atoms with Gasteiger partial charge >= 0.3 is 0 Å². The predicted molar refractivity (Wildman–Crippen MR) is 117 cm³/mol. The highest BCUT2D eigenvalue weighted by molar-refractivity contribution is 7.09. The van der Waals surface area contributed by atoms with Crippen LogP contribution in [0.1, 0.15) is 41.8 Å². The van der Waals surface area contributed by atoms with E-state index in [1.807, 2.05) is 38.3 Å². The smallest absolute Gasteiger partial charge is 0.230 e. The van der Waals surface area contributed by atoms with Gasteiger partial charge in [0.15, 0.2) is 0 Å². The fraction of sp³-hybridized carbons (Fsp3) is 0.261. The number of nitrogens with one attached hydrogen (secondary N) is 1. The summed E-state index contributed by atoms with van der Waals surface area (Å²) in [5.74, 6) is 1.18. The molecule has 0 saturated carbocycles. The van der Waals surface area contributed by atoms with Crippen molar-refractivity contribution in [2.45, 2.75) is 33.3 Å². The molecule has 0 unspecified atom stereocenters. The molecule has 1 aromatic heterocycles. The van der Waals surface area contributed by atoms with Crippen LogP contribution in [-0.4, -0.2) is 17.5 Å². The maximum absolute atomic E-state index is 12.4. The molecule has 0 bridgehead atoms. The Labute approximate surface area is 180 Å². The van der Waals surface area contributed by atoms with E-state index in [1.165, 1.54) is 11.3 Å². The molecule has 0 aliphatic rings. The first-order valence-corrected chi connectivity index (χ1v) is 10.5. The van der Waals surface area contributed by atoms with Crippen LogP contribution in [0.2, 0.25) is 0 Å². The topological polar surface area (TPSA) is 84.2 Å². The van der Waals surface area contributed by atoms with Crippen LogP contribution in [0.4, 0.5) is 5.69 Å². The van der Waals surface area contributed by atoms with Gasteiger partial charge in [-0.25, -0.2) is 4.98 Å². The van der Waals surface area contributed by atoms with Crippen LogP contribution in [0.5, 0.6) is 11.5 Å². The van der Waals surface area contributed by atoms with Crippen LogP contribution >= 0.6 is 11.3 Å². The third-order valence-corrected chi connectivity index (χ3v) is 5.42. The second-order valence-corrected chi connectivity index (χ2v) is 7.60. The molecule has 3 aromatic rings. The van der Waals surface area contributed by atoms with Crippen molar-refractivity contribution in [2.24, 2.45) is 0 Å². The lowest BCUT2D eigenvalue weighted by molar-refractivity contribution is -0.115. The summed E-state index contributed by atoms with van der Waals surface area (Å²) in [5, 5.41) is 14.6. The maximum Gasteiger partial charge on any atom is 0.230 e. The molecule has 3 rings (SSSR count). The highest BCUT2D eigenvalue weighted by atomic mass is 32.1. The normalized spacial score (nSPS) is 11.5. The monoisotopic (exact) mass is 421 g/mol. The summed E-state index contributed by atoms with van der Waals surface area (Å²) in [7, 11) is 0. The van der Waals surface area contributed by atoms with Gasteiger partial charge in [-0.15, -0.1) is 11.3 Å². The molecule has 0 spiro atoms. The van der Waals surface area contributed by atoms with Gasteiger partial charge in [-0.3, -0.25) is 4.79 Å². The Morgan fingerprint density at radius 2 is 1.97 bits per heavy atom. The standard InChI is InChI=1S/C23H23N3O3S/c1-4-28-16(3)23-25-18(14-30-23)12-22(27)26-21-10-9-20(11-15(21)2)29-19-7-5-17(13-24)6-8-19/h5-11,14,16H,4,12H2,1-3H3,(H,26,27)/t16-/m0/s1. The van der Waals surface area contributed by atoms with Crippen LogP contribution in [0.3, 0.4) is 0 Å². The number of ether oxygens (including phenoxy) is 2. The van der Waals surface area contributed by atoms with Crippen molar-refractivity contribution in [3.05, 3.63) is 69.7 Å². The molecule has 6 nitrogen and oxygen atoms in total. The lowest BCUT2D eigenvalue weighted by atomic mass is 10.2. The van der Waals surface area contributed by atoms with Gasteiger partial charge in [0.1, 0.15) is 22.6 Å². The molecule has 1 N–H and O–H groups in total. The Morgan fingerprint density at radius 1 is 1.23 bits per heavy atom. The number of thiazole rings is 1. The fourth-order valence-corrected chi connectivity index (χ4v) is 3.67. The Balaban J connectivity index is 1.60. The first-order valence-electron chi connectivity index (χ1n) is 9.63. The summed E-state index contributed by atoms with van der Waals surface area (Å²) in [6.07, 6.45) is 0.140. The van der Waals surface area contributed by atoms with Crippen molar-refractivity contribution in [2.75, 3.05) is 11.9 Å². The number of benzene rings is 2. The minimum absolute atomic E-state index is 0.0669. The Hall–Kier alpha value is -3.21. The van der Waals surface area contributed by atoms with E-state index < -0.39 is 0 Å². The quantitative estimate of drug-likeness (QED) is 0.527. The van der Waals surface area contributed by atoms with Crippen molar-refractivity contribution >= 4 is 22.9 Å². The van der Waals surface area contributed by atoms with E-state index in [-0.39, 0.29) is 18.4 Å². The van der Waals surface area contributed by atoms with Gasteiger partial charge in [-0.05, 0) is 68.8 Å². The van der Waals surface area contributed by atoms with E-state index in [0.717, 1.165) is 22.0 Å². The van der Waals surface area contributed by atoms with E-state index in [1.54, 1.807) is 30.3 Å².